The van der Waals surface area contributed by atoms with E-state index in [2.05, 4.69) is 31.2 Å². The van der Waals surface area contributed by atoms with Crippen molar-refractivity contribution >= 4 is 39.3 Å². The van der Waals surface area contributed by atoms with Crippen LogP contribution in [0, 0.1) is 6.92 Å². The topological polar surface area (TPSA) is 84.1 Å². The van der Waals surface area contributed by atoms with Crippen molar-refractivity contribution in [2.24, 2.45) is 0 Å². The summed E-state index contributed by atoms with van der Waals surface area (Å²) in [6.45, 7) is 1.73. The van der Waals surface area contributed by atoms with Crippen LogP contribution in [0.4, 0.5) is 5.69 Å². The molecule has 1 amide bonds. The summed E-state index contributed by atoms with van der Waals surface area (Å²) >= 11 is 4.57. The molecule has 0 unspecified atom stereocenters. The van der Waals surface area contributed by atoms with Gasteiger partial charge >= 0.3 is 0 Å². The van der Waals surface area contributed by atoms with Crippen molar-refractivity contribution < 1.29 is 9.53 Å². The van der Waals surface area contributed by atoms with Gasteiger partial charge in [-0.25, -0.2) is 4.98 Å². The van der Waals surface area contributed by atoms with Gasteiger partial charge in [0.05, 0.1) is 5.75 Å². The van der Waals surface area contributed by atoms with E-state index >= 15 is 0 Å². The second-order valence-corrected chi connectivity index (χ2v) is 7.49. The first kappa shape index (κ1) is 19.2. The second-order valence-electron chi connectivity index (χ2n) is 5.61. The van der Waals surface area contributed by atoms with Crippen molar-refractivity contribution in [3.05, 3.63) is 75.1 Å². The van der Waals surface area contributed by atoms with Crippen molar-refractivity contribution in [3.8, 4) is 11.5 Å². The number of amides is 1. The van der Waals surface area contributed by atoms with E-state index in [-0.39, 0.29) is 17.2 Å². The number of benzene rings is 2. The van der Waals surface area contributed by atoms with Gasteiger partial charge in [0.15, 0.2) is 5.16 Å². The maximum atomic E-state index is 12.1. The third kappa shape index (κ3) is 5.97. The molecule has 3 rings (SSSR count). The number of anilines is 1. The van der Waals surface area contributed by atoms with Gasteiger partial charge in [0.2, 0.25) is 5.91 Å². The first-order valence-corrected chi connectivity index (χ1v) is 9.80. The standard InChI is InChI=1S/C19H16BrN3O3S/c1-12-9-17(24)23-19(21-12)27-11-18(25)22-14-5-7-15(8-6-14)26-16-4-2-3-13(20)10-16/h2-10H,11H2,1H3,(H,22,25)(H,21,23,24). The van der Waals surface area contributed by atoms with Crippen molar-refractivity contribution in [2.75, 3.05) is 11.1 Å². The second kappa shape index (κ2) is 8.88. The molecule has 138 valence electrons. The first-order chi connectivity index (χ1) is 13.0. The smallest absolute Gasteiger partial charge is 0.251 e. The van der Waals surface area contributed by atoms with Crippen LogP contribution < -0.4 is 15.6 Å². The average molecular weight is 446 g/mol. The molecule has 0 bridgehead atoms. The maximum Gasteiger partial charge on any atom is 0.251 e. The van der Waals surface area contributed by atoms with E-state index in [4.69, 9.17) is 4.74 Å². The lowest BCUT2D eigenvalue weighted by Crippen LogP contribution is -2.15. The molecule has 3 aromatic rings. The van der Waals surface area contributed by atoms with Crippen molar-refractivity contribution in [2.45, 2.75) is 12.1 Å². The van der Waals surface area contributed by atoms with E-state index in [1.807, 2.05) is 24.3 Å². The molecule has 0 aliphatic rings. The van der Waals surface area contributed by atoms with Crippen LogP contribution in [0.25, 0.3) is 0 Å². The Bertz CT molecular complexity index is 1010. The molecule has 0 aliphatic heterocycles. The lowest BCUT2D eigenvalue weighted by atomic mass is 10.3. The fourth-order valence-electron chi connectivity index (χ4n) is 2.22. The minimum absolute atomic E-state index is 0.142. The molecular weight excluding hydrogens is 430 g/mol. The monoisotopic (exact) mass is 445 g/mol. The number of carbonyl (C=O) groups excluding carboxylic acids is 1. The summed E-state index contributed by atoms with van der Waals surface area (Å²) in [5.41, 5.74) is 1.04. The molecule has 8 heteroatoms. The average Bonchev–Trinajstić information content (AvgIpc) is 2.61. The van der Waals surface area contributed by atoms with E-state index in [0.29, 0.717) is 22.3 Å². The zero-order valence-corrected chi connectivity index (χ0v) is 16.8. The maximum absolute atomic E-state index is 12.1. The van der Waals surface area contributed by atoms with Crippen molar-refractivity contribution in [1.29, 1.82) is 0 Å². The Morgan fingerprint density at radius 2 is 1.96 bits per heavy atom. The Morgan fingerprint density at radius 1 is 1.19 bits per heavy atom. The molecule has 0 aliphatic carbocycles. The number of halogens is 1. The van der Waals surface area contributed by atoms with E-state index in [1.54, 1.807) is 31.2 Å². The zero-order valence-electron chi connectivity index (χ0n) is 14.4. The predicted molar refractivity (Wildman–Crippen MR) is 110 cm³/mol. The summed E-state index contributed by atoms with van der Waals surface area (Å²) in [6.07, 6.45) is 0. The summed E-state index contributed by atoms with van der Waals surface area (Å²) < 4.78 is 6.69. The molecule has 0 atom stereocenters. The molecule has 2 N–H and O–H groups in total. The zero-order chi connectivity index (χ0) is 19.2. The van der Waals surface area contributed by atoms with Crippen molar-refractivity contribution in [1.82, 2.24) is 9.97 Å². The van der Waals surface area contributed by atoms with Crippen LogP contribution in [0.5, 0.6) is 11.5 Å². The Kier molecular flexibility index (Phi) is 6.31. The first-order valence-electron chi connectivity index (χ1n) is 8.02. The lowest BCUT2D eigenvalue weighted by Gasteiger charge is -2.08. The summed E-state index contributed by atoms with van der Waals surface area (Å²) in [5, 5.41) is 3.22. The van der Waals surface area contributed by atoms with Gasteiger partial charge in [-0.2, -0.15) is 0 Å². The van der Waals surface area contributed by atoms with Gasteiger partial charge in [-0.3, -0.25) is 9.59 Å². The third-order valence-corrected chi connectivity index (χ3v) is 4.72. The van der Waals surface area contributed by atoms with Gasteiger partial charge in [0.25, 0.3) is 5.56 Å². The normalized spacial score (nSPS) is 10.4. The van der Waals surface area contributed by atoms with Crippen molar-refractivity contribution in [3.63, 3.8) is 0 Å². The number of hydrogen-bond acceptors (Lipinski definition) is 5. The van der Waals surface area contributed by atoms with Gasteiger partial charge < -0.3 is 15.0 Å². The molecule has 0 fully saturated rings. The van der Waals surface area contributed by atoms with Gasteiger partial charge in [0.1, 0.15) is 11.5 Å². The summed E-state index contributed by atoms with van der Waals surface area (Å²) in [7, 11) is 0. The molecule has 0 spiro atoms. The summed E-state index contributed by atoms with van der Waals surface area (Å²) in [6, 6.07) is 16.0. The predicted octanol–water partition coefficient (Wildman–Crippen LogP) is 4.36. The van der Waals surface area contributed by atoms with E-state index in [9.17, 15) is 9.59 Å². The molecule has 6 nitrogen and oxygen atoms in total. The molecule has 2 aromatic carbocycles. The number of rotatable bonds is 6. The fourth-order valence-corrected chi connectivity index (χ4v) is 3.32. The number of aromatic nitrogens is 2. The number of nitrogens with one attached hydrogen (secondary N) is 2. The van der Waals surface area contributed by atoms with E-state index in [0.717, 1.165) is 10.2 Å². The Hall–Kier alpha value is -2.58. The summed E-state index contributed by atoms with van der Waals surface area (Å²) in [4.78, 5) is 30.3. The van der Waals surface area contributed by atoms with Crippen LogP contribution >= 0.6 is 27.7 Å². The molecule has 0 saturated heterocycles. The highest BCUT2D eigenvalue weighted by Gasteiger charge is 2.06. The number of ether oxygens (including phenoxy) is 1. The number of nitrogens with zero attached hydrogens (tertiary/aromatic N) is 1. The molecule has 0 saturated carbocycles. The number of H-pyrrole nitrogens is 1. The SMILES string of the molecule is Cc1cc(=O)[nH]c(SCC(=O)Nc2ccc(Oc3cccc(Br)c3)cc2)n1. The van der Waals surface area contributed by atoms with Crippen LogP contribution in [-0.2, 0) is 4.79 Å². The third-order valence-electron chi connectivity index (χ3n) is 3.36. The highest BCUT2D eigenvalue weighted by molar-refractivity contribution is 9.10. The number of hydrogen-bond donors (Lipinski definition) is 2. The number of carbonyl (C=O) groups is 1. The minimum Gasteiger partial charge on any atom is -0.457 e. The molecule has 1 aromatic heterocycles. The van der Waals surface area contributed by atoms with Crippen LogP contribution in [0.2, 0.25) is 0 Å². The van der Waals surface area contributed by atoms with Crippen LogP contribution in [0.1, 0.15) is 5.69 Å². The molecule has 1 heterocycles. The van der Waals surface area contributed by atoms with Crippen LogP contribution in [0.15, 0.2) is 69.0 Å². The van der Waals surface area contributed by atoms with Gasteiger partial charge in [-0.1, -0.05) is 33.8 Å². The van der Waals surface area contributed by atoms with Gasteiger partial charge in [0, 0.05) is 21.9 Å². The minimum atomic E-state index is -0.230. The summed E-state index contributed by atoms with van der Waals surface area (Å²) in [5.74, 6) is 1.34. The van der Waals surface area contributed by atoms with E-state index < -0.39 is 0 Å². The highest BCUT2D eigenvalue weighted by atomic mass is 79.9. The van der Waals surface area contributed by atoms with Gasteiger partial charge in [-0.15, -0.1) is 0 Å². The number of aromatic amines is 1. The Labute approximate surface area is 168 Å². The highest BCUT2D eigenvalue weighted by Crippen LogP contribution is 2.25. The number of thioether (sulfide) groups is 1. The fraction of sp³-hybridized carbons (Fsp3) is 0.105. The van der Waals surface area contributed by atoms with Crippen LogP contribution in [0.3, 0.4) is 0 Å². The van der Waals surface area contributed by atoms with Gasteiger partial charge in [-0.05, 0) is 49.4 Å². The Morgan fingerprint density at radius 3 is 2.67 bits per heavy atom. The Balaban J connectivity index is 1.54. The number of aryl methyl sites for hydroxylation is 1. The molecule has 27 heavy (non-hydrogen) atoms. The molecular formula is C19H16BrN3O3S. The van der Waals surface area contributed by atoms with Crippen LogP contribution in [-0.4, -0.2) is 21.6 Å². The largest absolute Gasteiger partial charge is 0.457 e. The van der Waals surface area contributed by atoms with E-state index in [1.165, 1.54) is 17.8 Å². The lowest BCUT2D eigenvalue weighted by molar-refractivity contribution is -0.113. The quantitative estimate of drug-likeness (QED) is 0.434. The molecule has 0 radical (unpaired) electrons.